The van der Waals surface area contributed by atoms with E-state index in [1.54, 1.807) is 0 Å². The molecule has 0 amide bonds. The van der Waals surface area contributed by atoms with E-state index in [1.807, 2.05) is 0 Å². The number of nitrogens with one attached hydrogen (secondary N) is 2. The van der Waals surface area contributed by atoms with Crippen LogP contribution in [0.3, 0.4) is 0 Å². The second kappa shape index (κ2) is 7.06. The Balaban J connectivity index is 1.93. The van der Waals surface area contributed by atoms with Gasteiger partial charge in [0.1, 0.15) is 6.10 Å². The highest BCUT2D eigenvalue weighted by Crippen LogP contribution is 2.32. The minimum absolute atomic E-state index is 0.0111. The molecule has 2 saturated heterocycles. The molecule has 0 radical (unpaired) electrons. The van der Waals surface area contributed by atoms with Gasteiger partial charge >= 0.3 is 5.97 Å². The van der Waals surface area contributed by atoms with Crippen molar-refractivity contribution in [3.8, 4) is 0 Å². The molecule has 2 heterocycles. The second-order valence-electron chi connectivity index (χ2n) is 11.3. The molecule has 0 unspecified atom stereocenters. The number of carbonyl (C=O) groups excluding carboxylic acids is 1. The summed E-state index contributed by atoms with van der Waals surface area (Å²) in [4.78, 5) is 14.8. The predicted octanol–water partition coefficient (Wildman–Crippen LogP) is 3.08. The Morgan fingerprint density at radius 2 is 1.23 bits per heavy atom. The minimum Gasteiger partial charge on any atom is -0.461 e. The molecule has 0 aromatic heterocycles. The standard InChI is InChI=1S/C21H41N3O2/c1-18(2)10-15(11-19(3,4)22-18)24(9)14-17(25)26-16-12-20(5,6)23-21(7,8)13-16/h15-16,22-23H,10-14H2,1-9H3. The van der Waals surface area contributed by atoms with Gasteiger partial charge in [-0.25, -0.2) is 0 Å². The summed E-state index contributed by atoms with van der Waals surface area (Å²) in [5, 5.41) is 7.34. The first-order valence-electron chi connectivity index (χ1n) is 10.1. The lowest BCUT2D eigenvalue weighted by Crippen LogP contribution is -2.62. The van der Waals surface area contributed by atoms with Crippen molar-refractivity contribution in [3.63, 3.8) is 0 Å². The maximum Gasteiger partial charge on any atom is 0.320 e. The molecule has 5 nitrogen and oxygen atoms in total. The summed E-state index contributed by atoms with van der Waals surface area (Å²) in [6, 6.07) is 0.384. The van der Waals surface area contributed by atoms with Crippen molar-refractivity contribution in [3.05, 3.63) is 0 Å². The Morgan fingerprint density at radius 1 is 0.846 bits per heavy atom. The van der Waals surface area contributed by atoms with Crippen LogP contribution in [-0.4, -0.2) is 58.8 Å². The average molecular weight is 368 g/mol. The fraction of sp³-hybridized carbons (Fsp3) is 0.952. The molecule has 2 rings (SSSR count). The molecular formula is C21H41N3O2. The van der Waals surface area contributed by atoms with Crippen LogP contribution in [0.15, 0.2) is 0 Å². The topological polar surface area (TPSA) is 53.6 Å². The van der Waals surface area contributed by atoms with Crippen molar-refractivity contribution < 1.29 is 9.53 Å². The van der Waals surface area contributed by atoms with Crippen LogP contribution in [-0.2, 0) is 9.53 Å². The van der Waals surface area contributed by atoms with E-state index in [4.69, 9.17) is 4.74 Å². The highest BCUT2D eigenvalue weighted by Gasteiger charge is 2.41. The molecule has 2 N–H and O–H groups in total. The Morgan fingerprint density at radius 3 is 1.65 bits per heavy atom. The molecule has 2 aliphatic rings. The Hall–Kier alpha value is -0.650. The van der Waals surface area contributed by atoms with Gasteiger partial charge in [0.15, 0.2) is 0 Å². The van der Waals surface area contributed by atoms with Gasteiger partial charge < -0.3 is 15.4 Å². The SMILES string of the molecule is CN(CC(=O)OC1CC(C)(C)NC(C)(C)C1)C1CC(C)(C)NC(C)(C)C1. The van der Waals surface area contributed by atoms with E-state index in [-0.39, 0.29) is 34.2 Å². The van der Waals surface area contributed by atoms with Gasteiger partial charge in [0, 0.05) is 41.0 Å². The molecule has 2 aliphatic heterocycles. The summed E-state index contributed by atoms with van der Waals surface area (Å²) in [5.74, 6) is -0.0971. The number of nitrogens with zero attached hydrogens (tertiary/aromatic N) is 1. The van der Waals surface area contributed by atoms with E-state index in [0.29, 0.717) is 12.6 Å². The third-order valence-corrected chi connectivity index (χ3v) is 5.62. The van der Waals surface area contributed by atoms with E-state index >= 15 is 0 Å². The summed E-state index contributed by atoms with van der Waals surface area (Å²) >= 11 is 0. The fourth-order valence-corrected chi connectivity index (χ4v) is 5.45. The largest absolute Gasteiger partial charge is 0.461 e. The number of piperidine rings is 2. The molecule has 0 saturated carbocycles. The van der Waals surface area contributed by atoms with Crippen LogP contribution in [0.1, 0.15) is 81.1 Å². The lowest BCUT2D eigenvalue weighted by molar-refractivity contribution is -0.155. The predicted molar refractivity (Wildman–Crippen MR) is 107 cm³/mol. The van der Waals surface area contributed by atoms with Crippen molar-refractivity contribution >= 4 is 5.97 Å². The van der Waals surface area contributed by atoms with E-state index in [1.165, 1.54) is 0 Å². The maximum atomic E-state index is 12.6. The van der Waals surface area contributed by atoms with E-state index in [2.05, 4.69) is 78.0 Å². The molecule has 0 aliphatic carbocycles. The number of esters is 1. The smallest absolute Gasteiger partial charge is 0.320 e. The molecular weight excluding hydrogens is 326 g/mol. The van der Waals surface area contributed by atoms with E-state index in [9.17, 15) is 4.79 Å². The molecule has 5 heteroatoms. The van der Waals surface area contributed by atoms with Gasteiger partial charge in [0.2, 0.25) is 0 Å². The summed E-state index contributed by atoms with van der Waals surface area (Å²) in [7, 11) is 2.06. The first-order chi connectivity index (χ1) is 11.6. The third-order valence-electron chi connectivity index (χ3n) is 5.62. The van der Waals surface area contributed by atoms with Crippen LogP contribution >= 0.6 is 0 Å². The van der Waals surface area contributed by atoms with E-state index in [0.717, 1.165) is 25.7 Å². The Kier molecular flexibility index (Phi) is 5.88. The van der Waals surface area contributed by atoms with Crippen LogP contribution in [0.5, 0.6) is 0 Å². The van der Waals surface area contributed by atoms with Gasteiger partial charge in [-0.05, 0) is 75.3 Å². The third kappa shape index (κ3) is 6.21. The summed E-state index contributed by atoms with van der Waals surface area (Å²) < 4.78 is 5.89. The van der Waals surface area contributed by atoms with Gasteiger partial charge in [-0.1, -0.05) is 0 Å². The van der Waals surface area contributed by atoms with Crippen molar-refractivity contribution in [1.29, 1.82) is 0 Å². The van der Waals surface area contributed by atoms with Crippen LogP contribution < -0.4 is 10.6 Å². The molecule has 0 atom stereocenters. The summed E-state index contributed by atoms with van der Waals surface area (Å²) in [6.07, 6.45) is 3.78. The highest BCUT2D eigenvalue weighted by atomic mass is 16.5. The van der Waals surface area contributed by atoms with Crippen LogP contribution in [0.25, 0.3) is 0 Å². The lowest BCUT2D eigenvalue weighted by Gasteiger charge is -2.49. The first kappa shape index (κ1) is 21.6. The Labute approximate surface area is 160 Å². The number of rotatable bonds is 4. The zero-order valence-electron chi connectivity index (χ0n) is 18.5. The number of carbonyl (C=O) groups is 1. The normalized spacial score (nSPS) is 28.1. The summed E-state index contributed by atoms with van der Waals surface area (Å²) in [6.45, 7) is 18.1. The average Bonchev–Trinajstić information content (AvgIpc) is 2.29. The zero-order chi connectivity index (χ0) is 20.0. The number of ether oxygens (including phenoxy) is 1. The van der Waals surface area contributed by atoms with Gasteiger partial charge in [-0.2, -0.15) is 0 Å². The molecule has 0 bridgehead atoms. The van der Waals surface area contributed by atoms with Gasteiger partial charge in [0.25, 0.3) is 0 Å². The van der Waals surface area contributed by atoms with Crippen LogP contribution in [0.2, 0.25) is 0 Å². The highest BCUT2D eigenvalue weighted by molar-refractivity contribution is 5.72. The Bertz CT molecular complexity index is 493. The molecule has 2 fully saturated rings. The molecule has 0 spiro atoms. The maximum absolute atomic E-state index is 12.6. The molecule has 0 aromatic rings. The van der Waals surface area contributed by atoms with E-state index < -0.39 is 0 Å². The van der Waals surface area contributed by atoms with Crippen LogP contribution in [0.4, 0.5) is 0 Å². The monoisotopic (exact) mass is 367 g/mol. The summed E-state index contributed by atoms with van der Waals surface area (Å²) in [5.41, 5.74) is 0.130. The van der Waals surface area contributed by atoms with Gasteiger partial charge in [-0.3, -0.25) is 9.69 Å². The van der Waals surface area contributed by atoms with Crippen molar-refractivity contribution in [2.24, 2.45) is 0 Å². The number of hydrogen-bond acceptors (Lipinski definition) is 5. The molecule has 0 aromatic carbocycles. The van der Waals surface area contributed by atoms with Crippen molar-refractivity contribution in [2.45, 2.75) is 115 Å². The molecule has 26 heavy (non-hydrogen) atoms. The lowest BCUT2D eigenvalue weighted by atomic mass is 9.79. The fourth-order valence-electron chi connectivity index (χ4n) is 5.45. The second-order valence-corrected chi connectivity index (χ2v) is 11.3. The van der Waals surface area contributed by atoms with Crippen molar-refractivity contribution in [2.75, 3.05) is 13.6 Å². The minimum atomic E-state index is -0.0971. The first-order valence-corrected chi connectivity index (χ1v) is 10.1. The van der Waals surface area contributed by atoms with Crippen LogP contribution in [0, 0.1) is 0 Å². The number of hydrogen-bond donors (Lipinski definition) is 2. The van der Waals surface area contributed by atoms with Gasteiger partial charge in [0.05, 0.1) is 6.54 Å². The van der Waals surface area contributed by atoms with Crippen molar-refractivity contribution in [1.82, 2.24) is 15.5 Å². The quantitative estimate of drug-likeness (QED) is 0.748. The number of likely N-dealkylation sites (N-methyl/N-ethyl adjacent to an activating group) is 1. The molecule has 152 valence electrons. The van der Waals surface area contributed by atoms with Gasteiger partial charge in [-0.15, -0.1) is 0 Å². The zero-order valence-corrected chi connectivity index (χ0v) is 18.5.